The predicted octanol–water partition coefficient (Wildman–Crippen LogP) is 2.29. The van der Waals surface area contributed by atoms with Crippen LogP contribution in [-0.4, -0.2) is 20.1 Å². The summed E-state index contributed by atoms with van der Waals surface area (Å²) in [7, 11) is 0. The molecule has 0 aromatic heterocycles. The highest BCUT2D eigenvalue weighted by Gasteiger charge is 2.21. The summed E-state index contributed by atoms with van der Waals surface area (Å²) >= 11 is 6.11. The van der Waals surface area contributed by atoms with Gasteiger partial charge in [0.05, 0.1) is 0 Å². The highest BCUT2D eigenvalue weighted by atomic mass is 35.5. The lowest BCUT2D eigenvalue weighted by atomic mass is 9.55. The summed E-state index contributed by atoms with van der Waals surface area (Å²) in [4.78, 5) is 0. The molecule has 0 heterocycles. The van der Waals surface area contributed by atoms with Gasteiger partial charge in [0.15, 0.2) is 0 Å². The van der Waals surface area contributed by atoms with Crippen LogP contribution in [0.4, 0.5) is 0 Å². The second-order valence-corrected chi connectivity index (χ2v) is 5.55. The number of benzene rings is 2. The third kappa shape index (κ3) is 4.10. The van der Waals surface area contributed by atoms with Gasteiger partial charge in [-0.2, -0.15) is 0 Å². The molecular weight excluding hydrogens is 280 g/mol. The van der Waals surface area contributed by atoms with Gasteiger partial charge in [-0.1, -0.05) is 54.9 Å². The number of aryl methyl sites for hydroxylation is 2. The fourth-order valence-electron chi connectivity index (χ4n) is 2.33. The van der Waals surface area contributed by atoms with Crippen LogP contribution < -0.4 is 16.7 Å². The third-order valence-corrected chi connectivity index (χ3v) is 4.00. The Hall–Kier alpha value is -1.29. The molecule has 21 heavy (non-hydrogen) atoms. The molecule has 2 N–H and O–H groups in total. The summed E-state index contributed by atoms with van der Waals surface area (Å²) in [5.41, 5.74) is 10.2. The Labute approximate surface area is 132 Å². The zero-order valence-corrected chi connectivity index (χ0v) is 13.4. The maximum Gasteiger partial charge on any atom is 0.361 e. The molecule has 2 aromatic rings. The Morgan fingerprint density at radius 2 is 1.76 bits per heavy atom. The number of hydrogen-bond donors (Lipinski definition) is 1. The van der Waals surface area contributed by atoms with Crippen LogP contribution in [-0.2, 0) is 11.1 Å². The molecule has 0 aliphatic rings. The summed E-state index contributed by atoms with van der Waals surface area (Å²) in [6.45, 7) is 5.10. The van der Waals surface area contributed by atoms with E-state index in [-0.39, 0.29) is 6.92 Å². The molecular formula is C17H21BClNO. The standard InChI is InChI=1S/C17H21BClNO/c1-3-14-4-6-15(7-5-14)18(21-11-10-20)16-8-9-17(19)13(2)12-16/h4-9,12H,3,10-11,20H2,1-2H3. The van der Waals surface area contributed by atoms with Crippen molar-refractivity contribution in [3.05, 3.63) is 58.6 Å². The Morgan fingerprint density at radius 1 is 1.10 bits per heavy atom. The van der Waals surface area contributed by atoms with E-state index in [1.54, 1.807) is 0 Å². The van der Waals surface area contributed by atoms with Crippen LogP contribution in [0.5, 0.6) is 0 Å². The Kier molecular flexibility index (Phi) is 5.86. The summed E-state index contributed by atoms with van der Waals surface area (Å²) < 4.78 is 5.96. The van der Waals surface area contributed by atoms with Crippen molar-refractivity contribution in [3.63, 3.8) is 0 Å². The van der Waals surface area contributed by atoms with Crippen molar-refractivity contribution in [2.75, 3.05) is 13.2 Å². The van der Waals surface area contributed by atoms with Crippen LogP contribution in [0.3, 0.4) is 0 Å². The van der Waals surface area contributed by atoms with Crippen molar-refractivity contribution in [1.29, 1.82) is 0 Å². The van der Waals surface area contributed by atoms with Gasteiger partial charge in [-0.15, -0.1) is 0 Å². The molecule has 0 radical (unpaired) electrons. The molecule has 4 heteroatoms. The number of nitrogens with two attached hydrogens (primary N) is 1. The molecule has 0 bridgehead atoms. The van der Waals surface area contributed by atoms with Gasteiger partial charge in [0.25, 0.3) is 0 Å². The van der Waals surface area contributed by atoms with Gasteiger partial charge < -0.3 is 10.4 Å². The normalized spacial score (nSPS) is 10.7. The SMILES string of the molecule is CCc1ccc(B(OCCN)c2ccc(Cl)c(C)c2)cc1. The monoisotopic (exact) mass is 301 g/mol. The van der Waals surface area contributed by atoms with E-state index in [4.69, 9.17) is 22.0 Å². The number of hydrogen-bond acceptors (Lipinski definition) is 2. The van der Waals surface area contributed by atoms with E-state index >= 15 is 0 Å². The fraction of sp³-hybridized carbons (Fsp3) is 0.294. The highest BCUT2D eigenvalue weighted by Crippen LogP contribution is 2.12. The van der Waals surface area contributed by atoms with Gasteiger partial charge in [-0.3, -0.25) is 0 Å². The zero-order valence-electron chi connectivity index (χ0n) is 12.6. The van der Waals surface area contributed by atoms with Gasteiger partial charge in [0.2, 0.25) is 0 Å². The van der Waals surface area contributed by atoms with E-state index in [1.807, 2.05) is 19.1 Å². The molecule has 0 spiro atoms. The minimum absolute atomic E-state index is 0.101. The molecule has 0 unspecified atom stereocenters. The molecule has 2 nitrogen and oxygen atoms in total. The van der Waals surface area contributed by atoms with Crippen molar-refractivity contribution < 1.29 is 4.65 Å². The van der Waals surface area contributed by atoms with Crippen LogP contribution in [0.2, 0.25) is 5.02 Å². The maximum absolute atomic E-state index is 6.11. The first kappa shape index (κ1) is 16.1. The van der Waals surface area contributed by atoms with Crippen LogP contribution >= 0.6 is 11.6 Å². The van der Waals surface area contributed by atoms with E-state index < -0.39 is 0 Å². The molecule has 0 aliphatic heterocycles. The van der Waals surface area contributed by atoms with Crippen molar-refractivity contribution in [2.24, 2.45) is 5.73 Å². The molecule has 0 fully saturated rings. The second kappa shape index (κ2) is 7.65. The summed E-state index contributed by atoms with van der Waals surface area (Å²) in [6, 6.07) is 14.6. The lowest BCUT2D eigenvalue weighted by Crippen LogP contribution is -2.46. The molecule has 2 rings (SSSR count). The maximum atomic E-state index is 6.11. The molecule has 0 saturated heterocycles. The topological polar surface area (TPSA) is 35.2 Å². The zero-order chi connectivity index (χ0) is 15.2. The van der Waals surface area contributed by atoms with Crippen molar-refractivity contribution >= 4 is 29.4 Å². The average Bonchev–Trinajstić information content (AvgIpc) is 2.51. The molecule has 2 aromatic carbocycles. The summed E-state index contributed by atoms with van der Waals surface area (Å²) in [5.74, 6) is 0. The lowest BCUT2D eigenvalue weighted by Gasteiger charge is -2.16. The van der Waals surface area contributed by atoms with Gasteiger partial charge in [-0.05, 0) is 41.5 Å². The fourth-order valence-corrected chi connectivity index (χ4v) is 2.45. The van der Waals surface area contributed by atoms with Crippen molar-refractivity contribution in [3.8, 4) is 0 Å². The molecule has 0 amide bonds. The Morgan fingerprint density at radius 3 is 2.33 bits per heavy atom. The minimum Gasteiger partial charge on any atom is -0.426 e. The molecule has 110 valence electrons. The van der Waals surface area contributed by atoms with Gasteiger partial charge in [0, 0.05) is 18.2 Å². The molecule has 0 aliphatic carbocycles. The third-order valence-electron chi connectivity index (χ3n) is 3.58. The average molecular weight is 302 g/mol. The van der Waals surface area contributed by atoms with Gasteiger partial charge in [-0.25, -0.2) is 0 Å². The van der Waals surface area contributed by atoms with Crippen molar-refractivity contribution in [1.82, 2.24) is 0 Å². The quantitative estimate of drug-likeness (QED) is 0.831. The second-order valence-electron chi connectivity index (χ2n) is 5.14. The van der Waals surface area contributed by atoms with Crippen LogP contribution in [0.15, 0.2) is 42.5 Å². The molecule has 0 atom stereocenters. The molecule has 0 saturated carbocycles. The van der Waals surface area contributed by atoms with E-state index in [0.717, 1.165) is 27.9 Å². The Bertz CT molecular complexity index is 586. The first-order valence-corrected chi connectivity index (χ1v) is 7.70. The van der Waals surface area contributed by atoms with E-state index in [1.165, 1.54) is 5.56 Å². The first-order valence-electron chi connectivity index (χ1n) is 7.32. The van der Waals surface area contributed by atoms with Crippen LogP contribution in [0.25, 0.3) is 0 Å². The van der Waals surface area contributed by atoms with E-state index in [2.05, 4.69) is 37.3 Å². The minimum atomic E-state index is -0.101. The predicted molar refractivity (Wildman–Crippen MR) is 92.0 cm³/mol. The van der Waals surface area contributed by atoms with E-state index in [0.29, 0.717) is 13.2 Å². The number of rotatable bonds is 6. The highest BCUT2D eigenvalue weighted by molar-refractivity contribution is 6.80. The summed E-state index contributed by atoms with van der Waals surface area (Å²) in [6.07, 6.45) is 1.04. The first-order chi connectivity index (χ1) is 10.2. The van der Waals surface area contributed by atoms with Gasteiger partial charge in [0.1, 0.15) is 0 Å². The summed E-state index contributed by atoms with van der Waals surface area (Å²) in [5, 5.41) is 0.776. The smallest absolute Gasteiger partial charge is 0.361 e. The van der Waals surface area contributed by atoms with Crippen molar-refractivity contribution in [2.45, 2.75) is 20.3 Å². The van der Waals surface area contributed by atoms with Gasteiger partial charge >= 0.3 is 6.92 Å². The lowest BCUT2D eigenvalue weighted by molar-refractivity contribution is 0.344. The largest absolute Gasteiger partial charge is 0.426 e. The van der Waals surface area contributed by atoms with Crippen LogP contribution in [0, 0.1) is 6.92 Å². The Balaban J connectivity index is 2.33. The van der Waals surface area contributed by atoms with Crippen LogP contribution in [0.1, 0.15) is 18.1 Å². The van der Waals surface area contributed by atoms with E-state index in [9.17, 15) is 0 Å². The number of halogens is 1.